The molecule has 164 valence electrons. The number of nitrogens with zero attached hydrogens (tertiary/aromatic N) is 1. The van der Waals surface area contributed by atoms with Crippen molar-refractivity contribution in [2.24, 2.45) is 29.6 Å². The van der Waals surface area contributed by atoms with Crippen LogP contribution in [0, 0.1) is 29.6 Å². The van der Waals surface area contributed by atoms with E-state index in [1.807, 2.05) is 0 Å². The lowest BCUT2D eigenvalue weighted by Gasteiger charge is -2.56. The largest absolute Gasteiger partial charge is 0.338 e. The van der Waals surface area contributed by atoms with E-state index in [9.17, 15) is 4.79 Å². The molecule has 0 spiro atoms. The molecule has 2 unspecified atom stereocenters. The average Bonchev–Trinajstić information content (AvgIpc) is 2.69. The van der Waals surface area contributed by atoms with Crippen molar-refractivity contribution in [1.82, 2.24) is 15.5 Å². The third kappa shape index (κ3) is 4.78. The van der Waals surface area contributed by atoms with Crippen LogP contribution < -0.4 is 10.6 Å². The maximum atomic E-state index is 12.5. The molecule has 2 N–H and O–H groups in total. The number of piperidine rings is 1. The predicted molar refractivity (Wildman–Crippen MR) is 118 cm³/mol. The van der Waals surface area contributed by atoms with Crippen molar-refractivity contribution in [3.05, 3.63) is 0 Å². The number of fused-ring (bicyclic) bond motifs is 1. The Kier molecular flexibility index (Phi) is 6.09. The van der Waals surface area contributed by atoms with Crippen molar-refractivity contribution in [2.75, 3.05) is 26.2 Å². The fourth-order valence-corrected chi connectivity index (χ4v) is 8.27. The van der Waals surface area contributed by atoms with Gasteiger partial charge in [0.15, 0.2) is 0 Å². The van der Waals surface area contributed by atoms with Crippen LogP contribution in [0.15, 0.2) is 0 Å². The Morgan fingerprint density at radius 2 is 1.55 bits per heavy atom. The van der Waals surface area contributed by atoms with Crippen molar-refractivity contribution in [1.29, 1.82) is 0 Å². The van der Waals surface area contributed by atoms with E-state index in [2.05, 4.69) is 15.5 Å². The highest BCUT2D eigenvalue weighted by Gasteiger charge is 2.51. The van der Waals surface area contributed by atoms with Crippen molar-refractivity contribution in [2.45, 2.75) is 95.4 Å². The summed E-state index contributed by atoms with van der Waals surface area (Å²) in [6.07, 6.45) is 19.0. The zero-order valence-electron chi connectivity index (χ0n) is 18.5. The van der Waals surface area contributed by atoms with Crippen LogP contribution in [-0.2, 0) is 0 Å². The molecule has 0 radical (unpaired) electrons. The van der Waals surface area contributed by atoms with E-state index >= 15 is 0 Å². The van der Waals surface area contributed by atoms with Crippen LogP contribution in [0.4, 0.5) is 4.79 Å². The molecule has 0 aromatic rings. The van der Waals surface area contributed by atoms with Crippen molar-refractivity contribution in [3.8, 4) is 0 Å². The lowest BCUT2D eigenvalue weighted by atomic mass is 9.53. The zero-order valence-corrected chi connectivity index (χ0v) is 18.5. The van der Waals surface area contributed by atoms with Gasteiger partial charge in [0.1, 0.15) is 0 Å². The minimum atomic E-state index is 0.103. The van der Waals surface area contributed by atoms with Crippen LogP contribution >= 0.6 is 0 Å². The highest BCUT2D eigenvalue weighted by molar-refractivity contribution is 5.74. The third-order valence-electron chi connectivity index (χ3n) is 9.23. The van der Waals surface area contributed by atoms with Gasteiger partial charge >= 0.3 is 6.03 Å². The van der Waals surface area contributed by atoms with Crippen molar-refractivity contribution < 1.29 is 4.79 Å². The second-order valence-electron chi connectivity index (χ2n) is 11.5. The minimum absolute atomic E-state index is 0.103. The molecule has 4 nitrogen and oxygen atoms in total. The molecule has 2 amide bonds. The molecule has 6 rings (SSSR count). The second kappa shape index (κ2) is 8.77. The first-order valence-corrected chi connectivity index (χ1v) is 13.0. The second-order valence-corrected chi connectivity index (χ2v) is 11.5. The molecule has 6 aliphatic rings. The van der Waals surface area contributed by atoms with Gasteiger partial charge in [0, 0.05) is 18.6 Å². The number of hydrogen-bond donors (Lipinski definition) is 2. The summed E-state index contributed by atoms with van der Waals surface area (Å²) in [7, 11) is 0. The van der Waals surface area contributed by atoms with Gasteiger partial charge in [-0.1, -0.05) is 25.7 Å². The van der Waals surface area contributed by atoms with E-state index in [4.69, 9.17) is 0 Å². The van der Waals surface area contributed by atoms with Gasteiger partial charge < -0.3 is 15.5 Å². The Morgan fingerprint density at radius 1 is 0.862 bits per heavy atom. The molecular formula is C25H43N3O. The predicted octanol–water partition coefficient (Wildman–Crippen LogP) is 4.94. The first-order valence-electron chi connectivity index (χ1n) is 13.0. The SMILES string of the molecule is O=C(NCCCCCN1CCC2CCCCC2C1)NC12CC3CC(CC(C3)C1)C2. The van der Waals surface area contributed by atoms with Gasteiger partial charge in [-0.05, 0) is 107 Å². The molecule has 29 heavy (non-hydrogen) atoms. The minimum Gasteiger partial charge on any atom is -0.338 e. The van der Waals surface area contributed by atoms with E-state index in [1.54, 1.807) is 0 Å². The summed E-state index contributed by atoms with van der Waals surface area (Å²) in [5.41, 5.74) is 0.143. The lowest BCUT2D eigenvalue weighted by Crippen LogP contribution is -2.61. The maximum absolute atomic E-state index is 12.5. The molecule has 5 aliphatic carbocycles. The highest BCUT2D eigenvalue weighted by Crippen LogP contribution is 2.55. The van der Waals surface area contributed by atoms with Gasteiger partial charge in [0.2, 0.25) is 0 Å². The van der Waals surface area contributed by atoms with Gasteiger partial charge in [-0.15, -0.1) is 0 Å². The number of hydrogen-bond acceptors (Lipinski definition) is 2. The summed E-state index contributed by atoms with van der Waals surface area (Å²) in [4.78, 5) is 15.2. The van der Waals surface area contributed by atoms with Crippen LogP contribution in [0.25, 0.3) is 0 Å². The number of rotatable bonds is 7. The van der Waals surface area contributed by atoms with Gasteiger partial charge in [-0.25, -0.2) is 4.79 Å². The fourth-order valence-electron chi connectivity index (χ4n) is 8.27. The fraction of sp³-hybridized carbons (Fsp3) is 0.960. The van der Waals surface area contributed by atoms with Crippen LogP contribution in [0.2, 0.25) is 0 Å². The molecule has 1 heterocycles. The smallest absolute Gasteiger partial charge is 0.315 e. The van der Waals surface area contributed by atoms with Crippen LogP contribution in [0.3, 0.4) is 0 Å². The summed E-state index contributed by atoms with van der Waals surface area (Å²) < 4.78 is 0. The first-order chi connectivity index (χ1) is 14.2. The quantitative estimate of drug-likeness (QED) is 0.594. The summed E-state index contributed by atoms with van der Waals surface area (Å²) >= 11 is 0. The number of likely N-dealkylation sites (tertiary alicyclic amines) is 1. The Bertz CT molecular complexity index is 541. The van der Waals surface area contributed by atoms with Gasteiger partial charge in [-0.3, -0.25) is 0 Å². The van der Waals surface area contributed by atoms with E-state index in [1.165, 1.54) is 103 Å². The summed E-state index contributed by atoms with van der Waals surface area (Å²) in [6, 6.07) is 0.103. The molecule has 1 aliphatic heterocycles. The number of urea groups is 1. The van der Waals surface area contributed by atoms with E-state index < -0.39 is 0 Å². The highest BCUT2D eigenvalue weighted by atomic mass is 16.2. The first kappa shape index (κ1) is 20.2. The number of carbonyl (C=O) groups is 1. The monoisotopic (exact) mass is 401 g/mol. The molecule has 5 saturated carbocycles. The molecule has 2 atom stereocenters. The zero-order chi connectivity index (χ0) is 19.7. The van der Waals surface area contributed by atoms with Crippen LogP contribution in [-0.4, -0.2) is 42.6 Å². The summed E-state index contributed by atoms with van der Waals surface area (Å²) in [5.74, 6) is 4.70. The van der Waals surface area contributed by atoms with Gasteiger partial charge in [0.25, 0.3) is 0 Å². The molecular weight excluding hydrogens is 358 g/mol. The Balaban J connectivity index is 0.947. The molecule has 1 saturated heterocycles. The summed E-state index contributed by atoms with van der Waals surface area (Å²) in [5, 5.41) is 6.60. The number of nitrogens with one attached hydrogen (secondary N) is 2. The van der Waals surface area contributed by atoms with Crippen molar-refractivity contribution in [3.63, 3.8) is 0 Å². The van der Waals surface area contributed by atoms with Crippen LogP contribution in [0.5, 0.6) is 0 Å². The summed E-state index contributed by atoms with van der Waals surface area (Å²) in [6.45, 7) is 4.79. The normalized spacial score (nSPS) is 41.2. The van der Waals surface area contributed by atoms with E-state index in [0.29, 0.717) is 0 Å². The van der Waals surface area contributed by atoms with E-state index in [0.717, 1.165) is 42.6 Å². The number of carbonyl (C=O) groups excluding carboxylic acids is 1. The molecule has 6 fully saturated rings. The van der Waals surface area contributed by atoms with Crippen molar-refractivity contribution >= 4 is 6.03 Å². The third-order valence-corrected chi connectivity index (χ3v) is 9.23. The average molecular weight is 402 g/mol. The molecule has 0 aromatic carbocycles. The Labute approximate surface area is 177 Å². The van der Waals surface area contributed by atoms with Gasteiger partial charge in [-0.2, -0.15) is 0 Å². The molecule has 0 aromatic heterocycles. The van der Waals surface area contributed by atoms with Gasteiger partial charge in [0.05, 0.1) is 0 Å². The maximum Gasteiger partial charge on any atom is 0.315 e. The number of amides is 2. The Morgan fingerprint density at radius 3 is 2.28 bits per heavy atom. The Hall–Kier alpha value is -0.770. The molecule has 4 bridgehead atoms. The lowest BCUT2D eigenvalue weighted by molar-refractivity contribution is -0.0135. The molecule has 4 heteroatoms. The van der Waals surface area contributed by atoms with Crippen LogP contribution in [0.1, 0.15) is 89.9 Å². The van der Waals surface area contributed by atoms with E-state index in [-0.39, 0.29) is 11.6 Å². The standard InChI is InChI=1S/C25H43N3O/c29-24(27-25-15-19-12-20(16-25)14-21(13-19)17-25)26-9-4-1-5-10-28-11-8-22-6-2-3-7-23(22)18-28/h19-23H,1-18H2,(H2,26,27,29). The number of unbranched alkanes of at least 4 members (excludes halogenated alkanes) is 2. The topological polar surface area (TPSA) is 44.4 Å².